The standard InChI is InChI=1S/C25H25N3O6S3/c1-3-34-16-15-28-22-14-13-21(36(2,30)31)17-23(22)35-25(28)26-24(29)18-9-11-19(12-10-18)27-37(32,33)20-7-5-4-6-8-20/h4-14,17,27H,3,15-16H2,1-2H3. The zero-order valence-electron chi connectivity index (χ0n) is 20.1. The van der Waals surface area contributed by atoms with Crippen LogP contribution in [0.1, 0.15) is 17.3 Å². The van der Waals surface area contributed by atoms with Gasteiger partial charge in [-0.05, 0) is 61.5 Å². The van der Waals surface area contributed by atoms with Gasteiger partial charge in [-0.15, -0.1) is 0 Å². The Labute approximate surface area is 219 Å². The number of amides is 1. The average molecular weight is 560 g/mol. The van der Waals surface area contributed by atoms with Gasteiger partial charge in [0, 0.05) is 30.7 Å². The van der Waals surface area contributed by atoms with Crippen molar-refractivity contribution in [3.8, 4) is 0 Å². The molecular formula is C25H25N3O6S3. The first-order chi connectivity index (χ1) is 17.6. The van der Waals surface area contributed by atoms with Crippen LogP contribution in [0.4, 0.5) is 5.69 Å². The van der Waals surface area contributed by atoms with Crippen LogP contribution in [0.2, 0.25) is 0 Å². The van der Waals surface area contributed by atoms with Gasteiger partial charge >= 0.3 is 0 Å². The highest BCUT2D eigenvalue weighted by molar-refractivity contribution is 7.92. The molecule has 0 fully saturated rings. The molecule has 4 aromatic rings. The minimum absolute atomic E-state index is 0.130. The molecule has 1 amide bonds. The van der Waals surface area contributed by atoms with E-state index in [1.54, 1.807) is 30.3 Å². The van der Waals surface area contributed by atoms with E-state index in [-0.39, 0.29) is 15.4 Å². The van der Waals surface area contributed by atoms with Crippen LogP contribution in [0.5, 0.6) is 0 Å². The highest BCUT2D eigenvalue weighted by Crippen LogP contribution is 2.22. The molecule has 0 unspecified atom stereocenters. The second-order valence-electron chi connectivity index (χ2n) is 8.05. The summed E-state index contributed by atoms with van der Waals surface area (Å²) in [5, 5.41) is 0. The minimum Gasteiger partial charge on any atom is -0.380 e. The Morgan fingerprint density at radius 1 is 0.973 bits per heavy atom. The second-order valence-corrected chi connectivity index (χ2v) is 12.8. The molecule has 0 aliphatic heterocycles. The molecule has 0 radical (unpaired) electrons. The van der Waals surface area contributed by atoms with Crippen LogP contribution >= 0.6 is 11.3 Å². The molecule has 1 N–H and O–H groups in total. The number of carbonyl (C=O) groups excluding carboxylic acids is 1. The lowest BCUT2D eigenvalue weighted by atomic mass is 10.2. The number of nitrogens with one attached hydrogen (secondary N) is 1. The Hall–Kier alpha value is -3.32. The van der Waals surface area contributed by atoms with E-state index < -0.39 is 25.8 Å². The number of nitrogens with zero attached hydrogens (tertiary/aromatic N) is 2. The summed E-state index contributed by atoms with van der Waals surface area (Å²) in [5.74, 6) is -0.516. The van der Waals surface area contributed by atoms with Crippen LogP contribution in [-0.4, -0.2) is 46.8 Å². The van der Waals surface area contributed by atoms with E-state index in [4.69, 9.17) is 4.74 Å². The van der Waals surface area contributed by atoms with Crippen LogP contribution < -0.4 is 9.52 Å². The van der Waals surface area contributed by atoms with Crippen molar-refractivity contribution in [2.75, 3.05) is 24.2 Å². The molecule has 0 bridgehead atoms. The maximum Gasteiger partial charge on any atom is 0.279 e. The maximum absolute atomic E-state index is 13.0. The Morgan fingerprint density at radius 3 is 2.32 bits per heavy atom. The van der Waals surface area contributed by atoms with Crippen molar-refractivity contribution in [3.05, 3.63) is 83.2 Å². The lowest BCUT2D eigenvalue weighted by Gasteiger charge is -2.08. The lowest BCUT2D eigenvalue weighted by Crippen LogP contribution is -2.19. The number of benzene rings is 3. The third-order valence-electron chi connectivity index (χ3n) is 5.38. The van der Waals surface area contributed by atoms with Gasteiger partial charge in [0.05, 0.1) is 26.6 Å². The number of anilines is 1. The predicted molar refractivity (Wildman–Crippen MR) is 143 cm³/mol. The molecule has 1 heterocycles. The molecule has 0 aliphatic carbocycles. The number of hydrogen-bond acceptors (Lipinski definition) is 7. The molecule has 3 aromatic carbocycles. The normalized spacial score (nSPS) is 12.6. The van der Waals surface area contributed by atoms with Crippen LogP contribution in [0.15, 0.2) is 87.6 Å². The molecular weight excluding hydrogens is 534 g/mol. The Balaban J connectivity index is 1.64. The smallest absolute Gasteiger partial charge is 0.279 e. The number of ether oxygens (including phenoxy) is 1. The number of aromatic nitrogens is 1. The quantitative estimate of drug-likeness (QED) is 0.312. The summed E-state index contributed by atoms with van der Waals surface area (Å²) in [6.07, 6.45) is 1.14. The molecule has 37 heavy (non-hydrogen) atoms. The third kappa shape index (κ3) is 6.34. The van der Waals surface area contributed by atoms with Gasteiger partial charge in [-0.3, -0.25) is 9.52 Å². The molecule has 194 valence electrons. The highest BCUT2D eigenvalue weighted by Gasteiger charge is 2.15. The Bertz CT molecular complexity index is 1710. The van der Waals surface area contributed by atoms with Crippen molar-refractivity contribution in [2.24, 2.45) is 4.99 Å². The van der Waals surface area contributed by atoms with Gasteiger partial charge in [-0.2, -0.15) is 4.99 Å². The molecule has 1 aromatic heterocycles. The molecule has 4 rings (SSSR count). The summed E-state index contributed by atoms with van der Waals surface area (Å²) in [6.45, 7) is 3.24. The number of carbonyl (C=O) groups is 1. The predicted octanol–water partition coefficient (Wildman–Crippen LogP) is 3.68. The Kier molecular flexibility index (Phi) is 7.93. The van der Waals surface area contributed by atoms with Gasteiger partial charge in [0.1, 0.15) is 0 Å². The Morgan fingerprint density at radius 2 is 1.68 bits per heavy atom. The largest absolute Gasteiger partial charge is 0.380 e. The van der Waals surface area contributed by atoms with Gasteiger partial charge in [0.2, 0.25) is 0 Å². The summed E-state index contributed by atoms with van der Waals surface area (Å²) in [6, 6.07) is 18.8. The van der Waals surface area contributed by atoms with E-state index >= 15 is 0 Å². The highest BCUT2D eigenvalue weighted by atomic mass is 32.2. The second kappa shape index (κ2) is 11.0. The molecule has 0 saturated heterocycles. The van der Waals surface area contributed by atoms with Gasteiger partial charge in [-0.1, -0.05) is 29.5 Å². The average Bonchev–Trinajstić information content (AvgIpc) is 3.20. The number of rotatable bonds is 9. The van der Waals surface area contributed by atoms with Gasteiger partial charge in [0.25, 0.3) is 15.9 Å². The first-order valence-electron chi connectivity index (χ1n) is 11.3. The van der Waals surface area contributed by atoms with Crippen LogP contribution in [-0.2, 0) is 31.1 Å². The van der Waals surface area contributed by atoms with E-state index in [0.29, 0.717) is 34.9 Å². The monoisotopic (exact) mass is 559 g/mol. The first kappa shape index (κ1) is 26.7. The van der Waals surface area contributed by atoms with E-state index in [9.17, 15) is 21.6 Å². The topological polar surface area (TPSA) is 124 Å². The van der Waals surface area contributed by atoms with Crippen molar-refractivity contribution in [1.29, 1.82) is 0 Å². The van der Waals surface area contributed by atoms with Crippen molar-refractivity contribution in [1.82, 2.24) is 4.57 Å². The fraction of sp³-hybridized carbons (Fsp3) is 0.200. The first-order valence-corrected chi connectivity index (χ1v) is 15.5. The molecule has 9 nitrogen and oxygen atoms in total. The molecule has 0 spiro atoms. The zero-order valence-corrected chi connectivity index (χ0v) is 22.6. The number of thiazole rings is 1. The summed E-state index contributed by atoms with van der Waals surface area (Å²) >= 11 is 1.21. The van der Waals surface area contributed by atoms with E-state index in [1.807, 2.05) is 11.5 Å². The van der Waals surface area contributed by atoms with E-state index in [2.05, 4.69) is 9.71 Å². The van der Waals surface area contributed by atoms with Gasteiger partial charge in [0.15, 0.2) is 14.6 Å². The van der Waals surface area contributed by atoms with Crippen molar-refractivity contribution < 1.29 is 26.4 Å². The van der Waals surface area contributed by atoms with Crippen molar-refractivity contribution in [3.63, 3.8) is 0 Å². The maximum atomic E-state index is 13.0. The molecule has 0 aliphatic rings. The van der Waals surface area contributed by atoms with E-state index in [0.717, 1.165) is 11.8 Å². The number of sulfone groups is 1. The van der Waals surface area contributed by atoms with Gasteiger partial charge in [-0.25, -0.2) is 16.8 Å². The number of sulfonamides is 1. The number of fused-ring (bicyclic) bond motifs is 1. The fourth-order valence-corrected chi connectivity index (χ4v) is 6.43. The summed E-state index contributed by atoms with van der Waals surface area (Å²) in [7, 11) is -7.15. The lowest BCUT2D eigenvalue weighted by molar-refractivity contribution is 0.0996. The molecule has 0 atom stereocenters. The zero-order chi connectivity index (χ0) is 26.6. The van der Waals surface area contributed by atoms with Crippen molar-refractivity contribution in [2.45, 2.75) is 23.3 Å². The minimum atomic E-state index is -3.76. The summed E-state index contributed by atoms with van der Waals surface area (Å²) in [4.78, 5) is 18.0. The van der Waals surface area contributed by atoms with Crippen LogP contribution in [0.3, 0.4) is 0 Å². The van der Waals surface area contributed by atoms with Crippen LogP contribution in [0, 0.1) is 0 Å². The van der Waals surface area contributed by atoms with Crippen molar-refractivity contribution >= 4 is 53.0 Å². The SMILES string of the molecule is CCOCCn1c(=NC(=O)c2ccc(NS(=O)(=O)c3ccccc3)cc2)sc2cc(S(C)(=O)=O)ccc21. The fourth-order valence-electron chi connectivity index (χ4n) is 3.53. The number of hydrogen-bond donors (Lipinski definition) is 1. The van der Waals surface area contributed by atoms with Gasteiger partial charge < -0.3 is 9.30 Å². The van der Waals surface area contributed by atoms with Crippen LogP contribution in [0.25, 0.3) is 10.2 Å². The molecule has 0 saturated carbocycles. The summed E-state index contributed by atoms with van der Waals surface area (Å²) in [5.41, 5.74) is 1.32. The summed E-state index contributed by atoms with van der Waals surface area (Å²) < 4.78 is 59.5. The third-order valence-corrected chi connectivity index (χ3v) is 8.93. The van der Waals surface area contributed by atoms with E-state index in [1.165, 1.54) is 53.8 Å². The molecule has 12 heteroatoms.